The maximum Gasteiger partial charge on any atom is 0.228 e. The van der Waals surface area contributed by atoms with Crippen molar-refractivity contribution in [2.24, 2.45) is 5.41 Å². The van der Waals surface area contributed by atoms with Crippen molar-refractivity contribution < 1.29 is 9.53 Å². The van der Waals surface area contributed by atoms with Crippen LogP contribution in [0.2, 0.25) is 0 Å². The van der Waals surface area contributed by atoms with E-state index < -0.39 is 0 Å². The lowest BCUT2D eigenvalue weighted by molar-refractivity contribution is -0.155. The topological polar surface area (TPSA) is 32.8 Å². The first-order valence-electron chi connectivity index (χ1n) is 9.68. The lowest BCUT2D eigenvalue weighted by atomic mass is 9.71. The molecule has 0 saturated carbocycles. The molecule has 0 radical (unpaired) electrons. The first kappa shape index (κ1) is 18.4. The summed E-state index contributed by atoms with van der Waals surface area (Å²) in [4.78, 5) is 17.2. The Labute approximate surface area is 152 Å². The summed E-state index contributed by atoms with van der Waals surface area (Å²) in [5.74, 6) is 0.338. The third kappa shape index (κ3) is 4.42. The van der Waals surface area contributed by atoms with Gasteiger partial charge in [0.2, 0.25) is 5.91 Å². The van der Waals surface area contributed by atoms with Crippen molar-refractivity contribution in [2.75, 3.05) is 40.3 Å². The highest BCUT2D eigenvalue weighted by Crippen LogP contribution is 2.41. The van der Waals surface area contributed by atoms with Crippen molar-refractivity contribution >= 4 is 5.91 Å². The number of unbranched alkanes of at least 4 members (excludes halogenated alkanes) is 1. The number of piperidine rings is 2. The molecule has 0 aliphatic carbocycles. The molecule has 1 unspecified atom stereocenters. The summed E-state index contributed by atoms with van der Waals surface area (Å²) in [6.07, 6.45) is 6.69. The van der Waals surface area contributed by atoms with Gasteiger partial charge in [-0.2, -0.15) is 0 Å². The maximum atomic E-state index is 12.7. The third-order valence-corrected chi connectivity index (χ3v) is 6.08. The van der Waals surface area contributed by atoms with Crippen molar-refractivity contribution in [3.8, 4) is 0 Å². The predicted molar refractivity (Wildman–Crippen MR) is 101 cm³/mol. The van der Waals surface area contributed by atoms with Crippen LogP contribution in [0.4, 0.5) is 0 Å². The van der Waals surface area contributed by atoms with Crippen LogP contribution < -0.4 is 0 Å². The van der Waals surface area contributed by atoms with Gasteiger partial charge in [-0.25, -0.2) is 0 Å². The fourth-order valence-electron chi connectivity index (χ4n) is 4.47. The maximum absolute atomic E-state index is 12.7. The fourth-order valence-corrected chi connectivity index (χ4v) is 4.47. The van der Waals surface area contributed by atoms with Gasteiger partial charge in [-0.05, 0) is 63.7 Å². The summed E-state index contributed by atoms with van der Waals surface area (Å²) in [5.41, 5.74) is 1.26. The van der Waals surface area contributed by atoms with E-state index in [0.717, 1.165) is 51.9 Å². The zero-order chi connectivity index (χ0) is 17.7. The highest BCUT2D eigenvalue weighted by molar-refractivity contribution is 5.83. The molecular formula is C21H32N2O2. The van der Waals surface area contributed by atoms with Crippen LogP contribution in [0.3, 0.4) is 0 Å². The second-order valence-corrected chi connectivity index (χ2v) is 7.81. The molecular weight excluding hydrogens is 312 g/mol. The minimum absolute atomic E-state index is 0.172. The number of ether oxygens (including phenoxy) is 1. The molecule has 1 amide bonds. The Hall–Kier alpha value is -1.39. The van der Waals surface area contributed by atoms with Crippen molar-refractivity contribution in [2.45, 2.75) is 44.6 Å². The summed E-state index contributed by atoms with van der Waals surface area (Å²) in [7, 11) is 3.69. The van der Waals surface area contributed by atoms with E-state index in [1.54, 1.807) is 7.11 Å². The number of likely N-dealkylation sites (N-methyl/N-ethyl adjacent to an activating group) is 1. The number of aryl methyl sites for hydroxylation is 1. The number of rotatable bonds is 6. The highest BCUT2D eigenvalue weighted by atomic mass is 16.5. The normalized spacial score (nSPS) is 24.0. The van der Waals surface area contributed by atoms with Gasteiger partial charge in [0.15, 0.2) is 0 Å². The number of methoxy groups -OCH3 is 1. The SMILES string of the molecule is COC1CN(C)C(=O)C2(CCN(CCCCc3ccccc3)CC2)C1. The molecule has 2 heterocycles. The molecule has 2 aliphatic rings. The van der Waals surface area contributed by atoms with E-state index in [4.69, 9.17) is 4.74 Å². The number of amides is 1. The van der Waals surface area contributed by atoms with Crippen molar-refractivity contribution in [1.82, 2.24) is 9.80 Å². The van der Waals surface area contributed by atoms with E-state index in [1.165, 1.54) is 18.4 Å². The average molecular weight is 344 g/mol. The molecule has 4 heteroatoms. The first-order valence-corrected chi connectivity index (χ1v) is 9.68. The smallest absolute Gasteiger partial charge is 0.228 e. The van der Waals surface area contributed by atoms with Crippen molar-refractivity contribution in [1.29, 1.82) is 0 Å². The minimum atomic E-state index is -0.172. The van der Waals surface area contributed by atoms with Crippen LogP contribution >= 0.6 is 0 Å². The molecule has 3 rings (SSSR count). The number of hydrogen-bond donors (Lipinski definition) is 0. The summed E-state index contributed by atoms with van der Waals surface area (Å²) < 4.78 is 5.58. The van der Waals surface area contributed by atoms with Gasteiger partial charge in [0.1, 0.15) is 0 Å². The van der Waals surface area contributed by atoms with Crippen LogP contribution in [0.5, 0.6) is 0 Å². The zero-order valence-electron chi connectivity index (χ0n) is 15.7. The largest absolute Gasteiger partial charge is 0.380 e. The molecule has 1 atom stereocenters. The number of nitrogens with zero attached hydrogens (tertiary/aromatic N) is 2. The average Bonchev–Trinajstić information content (AvgIpc) is 2.65. The fraction of sp³-hybridized carbons (Fsp3) is 0.667. The molecule has 0 bridgehead atoms. The van der Waals surface area contributed by atoms with E-state index >= 15 is 0 Å². The van der Waals surface area contributed by atoms with Crippen molar-refractivity contribution in [3.63, 3.8) is 0 Å². The van der Waals surface area contributed by atoms with E-state index in [-0.39, 0.29) is 11.5 Å². The second kappa shape index (κ2) is 8.33. The van der Waals surface area contributed by atoms with Crippen LogP contribution in [0.1, 0.15) is 37.7 Å². The standard InChI is InChI=1S/C21H32N2O2/c1-22-17-19(25-2)16-21(20(22)24)11-14-23(15-12-21)13-7-6-10-18-8-4-3-5-9-18/h3-5,8-9,19H,6-7,10-17H2,1-2H3. The molecule has 2 saturated heterocycles. The molecule has 0 N–H and O–H groups in total. The quantitative estimate of drug-likeness (QED) is 0.744. The van der Waals surface area contributed by atoms with Gasteiger partial charge in [-0.3, -0.25) is 4.79 Å². The van der Waals surface area contributed by atoms with E-state index in [1.807, 2.05) is 11.9 Å². The van der Waals surface area contributed by atoms with E-state index in [0.29, 0.717) is 5.91 Å². The Balaban J connectivity index is 1.43. The van der Waals surface area contributed by atoms with Gasteiger partial charge < -0.3 is 14.5 Å². The number of carbonyl (C=O) groups is 1. The minimum Gasteiger partial charge on any atom is -0.380 e. The molecule has 1 aromatic rings. The van der Waals surface area contributed by atoms with Crippen LogP contribution in [-0.2, 0) is 16.0 Å². The number of benzene rings is 1. The summed E-state index contributed by atoms with van der Waals surface area (Å²) in [6, 6.07) is 10.7. The van der Waals surface area contributed by atoms with Gasteiger partial charge in [-0.1, -0.05) is 30.3 Å². The van der Waals surface area contributed by atoms with Crippen LogP contribution in [-0.4, -0.2) is 62.1 Å². The second-order valence-electron chi connectivity index (χ2n) is 7.81. The molecule has 4 nitrogen and oxygen atoms in total. The third-order valence-electron chi connectivity index (χ3n) is 6.08. The number of hydrogen-bond acceptors (Lipinski definition) is 3. The van der Waals surface area contributed by atoms with Crippen LogP contribution in [0.25, 0.3) is 0 Å². The molecule has 0 aromatic heterocycles. The molecule has 25 heavy (non-hydrogen) atoms. The van der Waals surface area contributed by atoms with E-state index in [2.05, 4.69) is 35.2 Å². The molecule has 2 fully saturated rings. The van der Waals surface area contributed by atoms with Gasteiger partial charge in [0.25, 0.3) is 0 Å². The molecule has 1 aromatic carbocycles. The number of carbonyl (C=O) groups excluding carboxylic acids is 1. The Morgan fingerprint density at radius 2 is 1.88 bits per heavy atom. The monoisotopic (exact) mass is 344 g/mol. The lowest BCUT2D eigenvalue weighted by Crippen LogP contribution is -2.56. The molecule has 2 aliphatic heterocycles. The summed E-state index contributed by atoms with van der Waals surface area (Å²) >= 11 is 0. The van der Waals surface area contributed by atoms with Gasteiger partial charge >= 0.3 is 0 Å². The lowest BCUT2D eigenvalue weighted by Gasteiger charge is -2.47. The predicted octanol–water partition coefficient (Wildman–Crippen LogP) is 2.97. The van der Waals surface area contributed by atoms with Crippen molar-refractivity contribution in [3.05, 3.63) is 35.9 Å². The van der Waals surface area contributed by atoms with Gasteiger partial charge in [-0.15, -0.1) is 0 Å². The van der Waals surface area contributed by atoms with Gasteiger partial charge in [0, 0.05) is 20.7 Å². The van der Waals surface area contributed by atoms with E-state index in [9.17, 15) is 4.79 Å². The summed E-state index contributed by atoms with van der Waals surface area (Å²) in [5, 5.41) is 0. The molecule has 1 spiro atoms. The Morgan fingerprint density at radius 1 is 1.16 bits per heavy atom. The highest BCUT2D eigenvalue weighted by Gasteiger charge is 2.47. The Morgan fingerprint density at radius 3 is 2.56 bits per heavy atom. The van der Waals surface area contributed by atoms with Crippen LogP contribution in [0.15, 0.2) is 30.3 Å². The number of likely N-dealkylation sites (tertiary alicyclic amines) is 2. The zero-order valence-corrected chi connectivity index (χ0v) is 15.7. The first-order chi connectivity index (χ1) is 12.1. The van der Waals surface area contributed by atoms with Crippen LogP contribution in [0, 0.1) is 5.41 Å². The Bertz CT molecular complexity index is 552. The van der Waals surface area contributed by atoms with Gasteiger partial charge in [0.05, 0.1) is 11.5 Å². The summed E-state index contributed by atoms with van der Waals surface area (Å²) in [6.45, 7) is 3.98. The Kier molecular flexibility index (Phi) is 6.13. The molecule has 138 valence electrons.